The van der Waals surface area contributed by atoms with Gasteiger partial charge in [-0.2, -0.15) is 0 Å². The molecule has 3 rings (SSSR count). The summed E-state index contributed by atoms with van der Waals surface area (Å²) in [5.74, 6) is -0.207. The molecule has 0 unspecified atom stereocenters. The van der Waals surface area contributed by atoms with Crippen molar-refractivity contribution >= 4 is 23.3 Å². The van der Waals surface area contributed by atoms with E-state index in [0.29, 0.717) is 13.1 Å². The molecule has 5 heteroatoms. The number of nitrogens with one attached hydrogen (secondary N) is 2. The second-order valence-electron chi connectivity index (χ2n) is 6.39. The van der Waals surface area contributed by atoms with Crippen LogP contribution in [-0.4, -0.2) is 29.9 Å². The zero-order valence-electron chi connectivity index (χ0n) is 14.4. The van der Waals surface area contributed by atoms with Gasteiger partial charge in [-0.15, -0.1) is 0 Å². The second kappa shape index (κ2) is 7.83. The van der Waals surface area contributed by atoms with E-state index in [1.807, 2.05) is 61.5 Å². The van der Waals surface area contributed by atoms with E-state index < -0.39 is 0 Å². The summed E-state index contributed by atoms with van der Waals surface area (Å²) in [6, 6.07) is 16.9. The zero-order chi connectivity index (χ0) is 17.6. The third-order valence-corrected chi connectivity index (χ3v) is 4.51. The Morgan fingerprint density at radius 1 is 1.00 bits per heavy atom. The van der Waals surface area contributed by atoms with Gasteiger partial charge in [-0.1, -0.05) is 36.4 Å². The molecule has 3 amide bonds. The smallest absolute Gasteiger partial charge is 0.321 e. The first-order valence-electron chi connectivity index (χ1n) is 8.61. The Bertz CT molecular complexity index is 746. The number of hydrogen-bond acceptors (Lipinski definition) is 2. The highest BCUT2D eigenvalue weighted by Gasteiger charge is 2.28. The molecule has 0 radical (unpaired) electrons. The lowest BCUT2D eigenvalue weighted by molar-refractivity contribution is -0.121. The van der Waals surface area contributed by atoms with Gasteiger partial charge in [-0.05, 0) is 43.5 Å². The molecule has 0 bridgehead atoms. The van der Waals surface area contributed by atoms with Gasteiger partial charge >= 0.3 is 6.03 Å². The Labute approximate surface area is 148 Å². The van der Waals surface area contributed by atoms with Crippen molar-refractivity contribution in [2.24, 2.45) is 5.92 Å². The number of rotatable bonds is 3. The van der Waals surface area contributed by atoms with Gasteiger partial charge in [0, 0.05) is 24.5 Å². The van der Waals surface area contributed by atoms with E-state index in [9.17, 15) is 9.59 Å². The molecule has 2 N–H and O–H groups in total. The molecular weight excluding hydrogens is 314 g/mol. The molecule has 2 aromatic carbocycles. The summed E-state index contributed by atoms with van der Waals surface area (Å²) in [5.41, 5.74) is 2.63. The topological polar surface area (TPSA) is 61.4 Å². The first-order valence-corrected chi connectivity index (χ1v) is 8.61. The van der Waals surface area contributed by atoms with E-state index in [1.54, 1.807) is 4.90 Å². The van der Waals surface area contributed by atoms with Crippen molar-refractivity contribution in [2.75, 3.05) is 23.7 Å². The van der Waals surface area contributed by atoms with Crippen molar-refractivity contribution in [3.63, 3.8) is 0 Å². The fraction of sp³-hybridized carbons (Fsp3) is 0.300. The number of aryl methyl sites for hydroxylation is 1. The lowest BCUT2D eigenvalue weighted by Gasteiger charge is -2.32. The van der Waals surface area contributed by atoms with E-state index in [4.69, 9.17) is 0 Å². The molecule has 130 valence electrons. The van der Waals surface area contributed by atoms with Gasteiger partial charge in [0.15, 0.2) is 0 Å². The van der Waals surface area contributed by atoms with Gasteiger partial charge in [0.25, 0.3) is 0 Å². The van der Waals surface area contributed by atoms with Gasteiger partial charge in [-0.3, -0.25) is 4.79 Å². The molecular formula is C20H23N3O2. The van der Waals surface area contributed by atoms with Crippen molar-refractivity contribution in [3.8, 4) is 0 Å². The number of benzene rings is 2. The predicted octanol–water partition coefficient (Wildman–Crippen LogP) is 3.88. The minimum Gasteiger partial charge on any atom is -0.326 e. The van der Waals surface area contributed by atoms with Crippen LogP contribution in [0.3, 0.4) is 0 Å². The summed E-state index contributed by atoms with van der Waals surface area (Å²) in [7, 11) is 0. The highest BCUT2D eigenvalue weighted by atomic mass is 16.2. The van der Waals surface area contributed by atoms with Crippen molar-refractivity contribution < 1.29 is 9.59 Å². The summed E-state index contributed by atoms with van der Waals surface area (Å²) in [6.07, 6.45) is 1.63. The summed E-state index contributed by atoms with van der Waals surface area (Å²) >= 11 is 0. The standard InChI is InChI=1S/C20H23N3O2/c1-15-8-5-6-12-18(15)22-19(24)16-9-7-13-23(14-16)20(25)21-17-10-3-2-4-11-17/h2-6,8,10-12,16H,7,9,13-14H2,1H3,(H,21,25)(H,22,24)/t16-/m1/s1. The predicted molar refractivity (Wildman–Crippen MR) is 99.6 cm³/mol. The average molecular weight is 337 g/mol. The van der Waals surface area contributed by atoms with Gasteiger partial charge < -0.3 is 15.5 Å². The molecule has 0 saturated carbocycles. The highest BCUT2D eigenvalue weighted by molar-refractivity contribution is 5.94. The monoisotopic (exact) mass is 337 g/mol. The SMILES string of the molecule is Cc1ccccc1NC(=O)[C@@H]1CCCN(C(=O)Nc2ccccc2)C1. The first kappa shape index (κ1) is 17.0. The van der Waals surface area contributed by atoms with E-state index in [2.05, 4.69) is 10.6 Å². The third-order valence-electron chi connectivity index (χ3n) is 4.51. The van der Waals surface area contributed by atoms with Crippen molar-refractivity contribution in [3.05, 3.63) is 60.2 Å². The van der Waals surface area contributed by atoms with Crippen molar-refractivity contribution in [2.45, 2.75) is 19.8 Å². The fourth-order valence-electron chi connectivity index (χ4n) is 3.05. The fourth-order valence-corrected chi connectivity index (χ4v) is 3.05. The molecule has 1 saturated heterocycles. The Hall–Kier alpha value is -2.82. The van der Waals surface area contributed by atoms with Crippen molar-refractivity contribution in [1.82, 2.24) is 4.90 Å². The van der Waals surface area contributed by atoms with E-state index >= 15 is 0 Å². The molecule has 2 aromatic rings. The van der Waals surface area contributed by atoms with E-state index in [0.717, 1.165) is 29.8 Å². The normalized spacial score (nSPS) is 17.0. The summed E-state index contributed by atoms with van der Waals surface area (Å²) < 4.78 is 0. The molecule has 0 aliphatic carbocycles. The van der Waals surface area contributed by atoms with Gasteiger partial charge in [0.1, 0.15) is 0 Å². The Morgan fingerprint density at radius 3 is 2.48 bits per heavy atom. The maximum Gasteiger partial charge on any atom is 0.321 e. The summed E-state index contributed by atoms with van der Waals surface area (Å²) in [6.45, 7) is 3.08. The first-order chi connectivity index (χ1) is 12.1. The lowest BCUT2D eigenvalue weighted by atomic mass is 9.97. The molecule has 0 spiro atoms. The molecule has 1 aliphatic heterocycles. The van der Waals surface area contributed by atoms with Crippen LogP contribution in [0.2, 0.25) is 0 Å². The van der Waals surface area contributed by atoms with Gasteiger partial charge in [0.2, 0.25) is 5.91 Å². The van der Waals surface area contributed by atoms with Crippen LogP contribution in [0.5, 0.6) is 0 Å². The van der Waals surface area contributed by atoms with Crippen LogP contribution in [0.25, 0.3) is 0 Å². The van der Waals surface area contributed by atoms with Crippen LogP contribution >= 0.6 is 0 Å². The number of amides is 3. The number of likely N-dealkylation sites (tertiary alicyclic amines) is 1. The van der Waals surface area contributed by atoms with E-state index in [-0.39, 0.29) is 17.9 Å². The van der Waals surface area contributed by atoms with Crippen LogP contribution in [0.4, 0.5) is 16.2 Å². The minimum atomic E-state index is -0.185. The molecule has 1 heterocycles. The average Bonchev–Trinajstić information content (AvgIpc) is 2.64. The third kappa shape index (κ3) is 4.38. The van der Waals surface area contributed by atoms with Crippen LogP contribution < -0.4 is 10.6 Å². The number of urea groups is 1. The molecule has 1 aliphatic rings. The minimum absolute atomic E-state index is 0.0217. The second-order valence-corrected chi connectivity index (χ2v) is 6.39. The quantitative estimate of drug-likeness (QED) is 0.893. The molecule has 1 fully saturated rings. The zero-order valence-corrected chi connectivity index (χ0v) is 14.4. The lowest BCUT2D eigenvalue weighted by Crippen LogP contribution is -2.45. The number of carbonyl (C=O) groups excluding carboxylic acids is 2. The maximum atomic E-state index is 12.6. The van der Waals surface area contributed by atoms with Crippen LogP contribution in [0.15, 0.2) is 54.6 Å². The molecule has 5 nitrogen and oxygen atoms in total. The van der Waals surface area contributed by atoms with Gasteiger partial charge in [0.05, 0.1) is 5.92 Å². The molecule has 25 heavy (non-hydrogen) atoms. The van der Waals surface area contributed by atoms with Gasteiger partial charge in [-0.25, -0.2) is 4.79 Å². The number of nitrogens with zero attached hydrogens (tertiary/aromatic N) is 1. The number of carbonyl (C=O) groups is 2. The van der Waals surface area contributed by atoms with Crippen LogP contribution in [-0.2, 0) is 4.79 Å². The van der Waals surface area contributed by atoms with E-state index in [1.165, 1.54) is 0 Å². The number of para-hydroxylation sites is 2. The number of piperidine rings is 1. The highest BCUT2D eigenvalue weighted by Crippen LogP contribution is 2.21. The van der Waals surface area contributed by atoms with Crippen LogP contribution in [0, 0.1) is 12.8 Å². The Morgan fingerprint density at radius 2 is 1.72 bits per heavy atom. The summed E-state index contributed by atoms with van der Waals surface area (Å²) in [4.78, 5) is 26.7. The Kier molecular flexibility index (Phi) is 5.33. The Balaban J connectivity index is 1.59. The molecule has 0 aromatic heterocycles. The largest absolute Gasteiger partial charge is 0.326 e. The number of anilines is 2. The summed E-state index contributed by atoms with van der Waals surface area (Å²) in [5, 5.41) is 5.88. The molecule has 1 atom stereocenters. The van der Waals surface area contributed by atoms with Crippen molar-refractivity contribution in [1.29, 1.82) is 0 Å². The number of hydrogen-bond donors (Lipinski definition) is 2. The maximum absolute atomic E-state index is 12.6. The van der Waals surface area contributed by atoms with Crippen LogP contribution in [0.1, 0.15) is 18.4 Å².